The number of hydrogen-bond acceptors (Lipinski definition) is 8. The highest BCUT2D eigenvalue weighted by molar-refractivity contribution is 6.05. The van der Waals surface area contributed by atoms with Crippen LogP contribution in [0, 0.1) is 11.6 Å². The first-order chi connectivity index (χ1) is 23.9. The van der Waals surface area contributed by atoms with E-state index in [1.54, 1.807) is 15.6 Å². The summed E-state index contributed by atoms with van der Waals surface area (Å²) in [4.78, 5) is 42.0. The summed E-state index contributed by atoms with van der Waals surface area (Å²) in [5.74, 6) is 0.474. The number of carbonyl (C=O) groups excluding carboxylic acids is 2. The first-order valence-corrected chi connectivity index (χ1v) is 16.6. The minimum absolute atomic E-state index is 0.240. The summed E-state index contributed by atoms with van der Waals surface area (Å²) in [7, 11) is 0. The van der Waals surface area contributed by atoms with Crippen LogP contribution < -0.4 is 20.0 Å². The summed E-state index contributed by atoms with van der Waals surface area (Å²) in [6.45, 7) is 5.26. The van der Waals surface area contributed by atoms with Gasteiger partial charge in [0.25, 0.3) is 0 Å². The fourth-order valence-corrected chi connectivity index (χ4v) is 7.07. The summed E-state index contributed by atoms with van der Waals surface area (Å²) in [5.41, 5.74) is 4.50. The number of carbonyl (C=O) groups is 2. The smallest absolute Gasteiger partial charge is 0.328 e. The van der Waals surface area contributed by atoms with Crippen LogP contribution in [-0.4, -0.2) is 75.7 Å². The lowest BCUT2D eigenvalue weighted by molar-refractivity contribution is -0.120. The lowest BCUT2D eigenvalue weighted by Crippen LogP contribution is -2.49. The number of imide groups is 1. The predicted octanol–water partition coefficient (Wildman–Crippen LogP) is 5.18. The van der Waals surface area contributed by atoms with Crippen molar-refractivity contribution in [3.05, 3.63) is 102 Å². The van der Waals surface area contributed by atoms with Crippen molar-refractivity contribution in [3.63, 3.8) is 0 Å². The standard InChI is InChI=1S/C36H35F2N9O2/c37-25-8-11-29(38)27(21-25)31-4-2-14-46(31)33-12-16-47-35(41-33)28(22-39-47)30-3-1-5-32(40-30)44-19-17-43(18-20-44)23-24-6-9-26(10-7-24)45-15-13-34(48)42-36(45)49/h1,3,5-12,16,21-22,31H,2,4,13-15,17-20,23H2,(H,42,48,49)/t31-/m1/s1. The van der Waals surface area contributed by atoms with E-state index in [4.69, 9.17) is 9.97 Å². The van der Waals surface area contributed by atoms with Crippen LogP contribution in [0.2, 0.25) is 0 Å². The number of piperazine rings is 1. The third-order valence-electron chi connectivity index (χ3n) is 9.63. The number of urea groups is 1. The van der Waals surface area contributed by atoms with E-state index >= 15 is 0 Å². The van der Waals surface area contributed by atoms with Crippen LogP contribution >= 0.6 is 0 Å². The molecule has 8 rings (SSSR count). The van der Waals surface area contributed by atoms with E-state index in [1.807, 2.05) is 59.6 Å². The van der Waals surface area contributed by atoms with Gasteiger partial charge in [-0.1, -0.05) is 18.2 Å². The molecule has 0 spiro atoms. The van der Waals surface area contributed by atoms with Gasteiger partial charge in [0.2, 0.25) is 5.91 Å². The third kappa shape index (κ3) is 6.17. The number of amides is 3. The van der Waals surface area contributed by atoms with Gasteiger partial charge in [0.1, 0.15) is 23.3 Å². The van der Waals surface area contributed by atoms with E-state index in [0.717, 1.165) is 73.5 Å². The van der Waals surface area contributed by atoms with Crippen LogP contribution in [0.15, 0.2) is 79.1 Å². The van der Waals surface area contributed by atoms with E-state index < -0.39 is 11.6 Å². The highest BCUT2D eigenvalue weighted by Crippen LogP contribution is 2.37. The van der Waals surface area contributed by atoms with Gasteiger partial charge in [-0.2, -0.15) is 5.10 Å². The molecule has 1 N–H and O–H groups in total. The molecule has 13 heteroatoms. The van der Waals surface area contributed by atoms with Gasteiger partial charge in [0, 0.05) is 69.7 Å². The van der Waals surface area contributed by atoms with Crippen molar-refractivity contribution in [2.75, 3.05) is 54.0 Å². The fourth-order valence-electron chi connectivity index (χ4n) is 7.07. The molecule has 0 radical (unpaired) electrons. The maximum absolute atomic E-state index is 14.7. The minimum Gasteiger partial charge on any atom is -0.354 e. The van der Waals surface area contributed by atoms with Crippen LogP contribution in [0.3, 0.4) is 0 Å². The molecule has 3 amide bonds. The SMILES string of the molecule is O=C1CCN(c2ccc(CN3CCN(c4cccc(-c5cnn6ccc(N7CCC[C@@H]7c7cc(F)ccc7F)nc56)n4)CC3)cc2)C(=O)N1. The monoisotopic (exact) mass is 663 g/mol. The highest BCUT2D eigenvalue weighted by Gasteiger charge is 2.30. The van der Waals surface area contributed by atoms with Gasteiger partial charge in [0.05, 0.1) is 23.5 Å². The van der Waals surface area contributed by atoms with Gasteiger partial charge in [-0.3, -0.25) is 19.9 Å². The quantitative estimate of drug-likeness (QED) is 0.254. The molecular weight excluding hydrogens is 628 g/mol. The van der Waals surface area contributed by atoms with Crippen molar-refractivity contribution >= 4 is 34.9 Å². The van der Waals surface area contributed by atoms with E-state index in [2.05, 4.69) is 20.2 Å². The van der Waals surface area contributed by atoms with Gasteiger partial charge in [0.15, 0.2) is 5.65 Å². The fraction of sp³-hybridized carbons (Fsp3) is 0.306. The Balaban J connectivity index is 0.943. The Morgan fingerprint density at radius 1 is 0.857 bits per heavy atom. The number of hydrogen-bond donors (Lipinski definition) is 1. The number of anilines is 3. The predicted molar refractivity (Wildman–Crippen MR) is 181 cm³/mol. The summed E-state index contributed by atoms with van der Waals surface area (Å²) in [6, 6.07) is 18.7. The number of rotatable bonds is 7. The summed E-state index contributed by atoms with van der Waals surface area (Å²) >= 11 is 0. The molecule has 2 aromatic carbocycles. The molecule has 250 valence electrons. The van der Waals surface area contributed by atoms with Crippen LogP contribution in [0.4, 0.5) is 30.9 Å². The highest BCUT2D eigenvalue weighted by atomic mass is 19.1. The van der Waals surface area contributed by atoms with E-state index in [-0.39, 0.29) is 18.0 Å². The molecule has 0 bridgehead atoms. The molecule has 49 heavy (non-hydrogen) atoms. The summed E-state index contributed by atoms with van der Waals surface area (Å²) in [5, 5.41) is 6.89. The first-order valence-electron chi connectivity index (χ1n) is 16.6. The Bertz CT molecular complexity index is 2030. The maximum Gasteiger partial charge on any atom is 0.328 e. The number of nitrogens with zero attached hydrogens (tertiary/aromatic N) is 8. The number of pyridine rings is 1. The van der Waals surface area contributed by atoms with Crippen LogP contribution in [-0.2, 0) is 11.3 Å². The summed E-state index contributed by atoms with van der Waals surface area (Å²) < 4.78 is 30.5. The third-order valence-corrected chi connectivity index (χ3v) is 9.63. The number of benzene rings is 2. The van der Waals surface area contributed by atoms with Crippen molar-refractivity contribution in [3.8, 4) is 11.3 Å². The Morgan fingerprint density at radius 3 is 2.51 bits per heavy atom. The van der Waals surface area contributed by atoms with E-state index in [1.165, 1.54) is 12.1 Å². The van der Waals surface area contributed by atoms with Crippen LogP contribution in [0.5, 0.6) is 0 Å². The average molecular weight is 664 g/mol. The Labute approximate surface area is 281 Å². The zero-order valence-electron chi connectivity index (χ0n) is 26.8. The molecule has 0 saturated carbocycles. The van der Waals surface area contributed by atoms with Crippen LogP contribution in [0.25, 0.3) is 16.9 Å². The molecule has 3 saturated heterocycles. The maximum atomic E-state index is 14.7. The molecule has 3 aliphatic heterocycles. The molecule has 11 nitrogen and oxygen atoms in total. The molecule has 5 aromatic rings. The molecule has 6 heterocycles. The van der Waals surface area contributed by atoms with Crippen molar-refractivity contribution in [2.45, 2.75) is 31.8 Å². The van der Waals surface area contributed by atoms with Crippen molar-refractivity contribution < 1.29 is 18.4 Å². The largest absolute Gasteiger partial charge is 0.354 e. The van der Waals surface area contributed by atoms with Gasteiger partial charge in [-0.15, -0.1) is 0 Å². The van der Waals surface area contributed by atoms with Crippen molar-refractivity contribution in [2.24, 2.45) is 0 Å². The Hall–Kier alpha value is -5.43. The van der Waals surface area contributed by atoms with Crippen molar-refractivity contribution in [1.29, 1.82) is 0 Å². The van der Waals surface area contributed by atoms with E-state index in [0.29, 0.717) is 43.0 Å². The molecule has 0 aliphatic carbocycles. The second-order valence-corrected chi connectivity index (χ2v) is 12.7. The average Bonchev–Trinajstić information content (AvgIpc) is 3.78. The lowest BCUT2D eigenvalue weighted by atomic mass is 10.0. The zero-order chi connectivity index (χ0) is 33.5. The first kappa shape index (κ1) is 30.9. The number of halogens is 2. The van der Waals surface area contributed by atoms with Gasteiger partial charge < -0.3 is 9.80 Å². The summed E-state index contributed by atoms with van der Waals surface area (Å²) in [6.07, 6.45) is 5.49. The minimum atomic E-state index is -0.450. The number of aromatic nitrogens is 4. The zero-order valence-corrected chi connectivity index (χ0v) is 26.8. The molecule has 3 fully saturated rings. The normalized spacial score (nSPS) is 18.8. The van der Waals surface area contributed by atoms with Crippen molar-refractivity contribution in [1.82, 2.24) is 29.8 Å². The number of nitrogens with one attached hydrogen (secondary N) is 1. The second kappa shape index (κ2) is 12.9. The lowest BCUT2D eigenvalue weighted by Gasteiger charge is -2.35. The van der Waals surface area contributed by atoms with Gasteiger partial charge in [-0.05, 0) is 66.9 Å². The Morgan fingerprint density at radius 2 is 1.69 bits per heavy atom. The van der Waals surface area contributed by atoms with Crippen LogP contribution in [0.1, 0.15) is 36.4 Å². The molecule has 3 aliphatic rings. The molecule has 3 aromatic heterocycles. The molecule has 1 atom stereocenters. The number of fused-ring (bicyclic) bond motifs is 1. The van der Waals surface area contributed by atoms with Gasteiger partial charge in [-0.25, -0.2) is 28.1 Å². The molecular formula is C36H35F2N9O2. The Kier molecular flexibility index (Phi) is 8.12. The van der Waals surface area contributed by atoms with E-state index in [9.17, 15) is 18.4 Å². The molecule has 0 unspecified atom stereocenters. The second-order valence-electron chi connectivity index (χ2n) is 12.7. The topological polar surface area (TPSA) is 102 Å². The van der Waals surface area contributed by atoms with Gasteiger partial charge >= 0.3 is 6.03 Å².